The molecule has 0 radical (unpaired) electrons. The molecule has 3 spiro atoms. The lowest BCUT2D eigenvalue weighted by Gasteiger charge is -2.41. The average Bonchev–Trinajstić information content (AvgIpc) is 1.59. The van der Waals surface area contributed by atoms with Gasteiger partial charge in [-0.05, 0) is 195 Å². The first-order valence-corrected chi connectivity index (χ1v) is 34.4. The quantitative estimate of drug-likeness (QED) is 0.0613. The smallest absolute Gasteiger partial charge is 0.412 e. The number of carbonyl (C=O) groups is 6. The molecule has 506 valence electrons. The Bertz CT molecular complexity index is 3540. The Morgan fingerprint density at radius 2 is 1.11 bits per heavy atom. The van der Waals surface area contributed by atoms with Gasteiger partial charge in [0.15, 0.2) is 0 Å². The Hall–Kier alpha value is -7.70. The molecule has 20 nitrogen and oxygen atoms in total. The summed E-state index contributed by atoms with van der Waals surface area (Å²) in [5, 5.41) is 19.6. The number of pyridine rings is 2. The molecule has 6 aromatic rings. The SMILES string of the molecule is CC(=O)N1CCC2(CCCN(c3ccc(C(=O)Nc4cc(-c5cccs5)ccc4N)cn3)C2)C1.CC(=O)N1CCC2(CCCNC2)C1.CC(C)(C)OC(=O)N1CCCC2(CCNC2)C1.CC(C)(C)OC(=O)Nc1ccc(-c2cccs2)cc1NC(=O)c1ccc(Cl)nc1.F. The van der Waals surface area contributed by atoms with E-state index in [1.165, 1.54) is 38.3 Å². The molecule has 0 bridgehead atoms. The molecule has 6 aliphatic rings. The fourth-order valence-corrected chi connectivity index (χ4v) is 14.6. The number of nitrogens with one attached hydrogen (secondary N) is 5. The Kier molecular flexibility index (Phi) is 24.3. The summed E-state index contributed by atoms with van der Waals surface area (Å²) in [4.78, 5) is 91.6. The normalized spacial score (nSPS) is 20.7. The van der Waals surface area contributed by atoms with E-state index in [0.29, 0.717) is 49.9 Å². The molecule has 12 rings (SSSR count). The number of nitrogen functional groups attached to an aromatic ring is 1. The number of nitrogens with two attached hydrogens (primary N) is 1. The maximum Gasteiger partial charge on any atom is 0.412 e. The van der Waals surface area contributed by atoms with Crippen LogP contribution in [0.4, 0.5) is 42.9 Å². The number of anilines is 5. The molecular formula is C70H92ClFN12O8S2. The van der Waals surface area contributed by atoms with E-state index < -0.39 is 17.3 Å². The lowest BCUT2D eigenvalue weighted by atomic mass is 9.79. The number of amides is 6. The molecule has 6 amide bonds. The van der Waals surface area contributed by atoms with Gasteiger partial charge in [0.1, 0.15) is 22.2 Å². The van der Waals surface area contributed by atoms with E-state index in [1.807, 2.05) is 107 Å². The molecule has 94 heavy (non-hydrogen) atoms. The van der Waals surface area contributed by atoms with Crippen LogP contribution in [0.5, 0.6) is 0 Å². The van der Waals surface area contributed by atoms with Crippen LogP contribution in [-0.2, 0) is 19.1 Å². The summed E-state index contributed by atoms with van der Waals surface area (Å²) >= 11 is 9.01. The van der Waals surface area contributed by atoms with Gasteiger partial charge in [0.05, 0.1) is 33.9 Å². The zero-order valence-corrected chi connectivity index (χ0v) is 57.8. The highest BCUT2D eigenvalue weighted by atomic mass is 35.5. The molecule has 0 saturated carbocycles. The highest BCUT2D eigenvalue weighted by Crippen LogP contribution is 2.41. The molecule has 10 heterocycles. The van der Waals surface area contributed by atoms with Gasteiger partial charge in [0.2, 0.25) is 11.8 Å². The van der Waals surface area contributed by atoms with Gasteiger partial charge >= 0.3 is 12.2 Å². The van der Waals surface area contributed by atoms with E-state index in [4.69, 9.17) is 26.8 Å². The van der Waals surface area contributed by atoms with Crippen LogP contribution >= 0.6 is 34.3 Å². The summed E-state index contributed by atoms with van der Waals surface area (Å²) in [5.74, 6) is 0.657. The molecule has 4 aromatic heterocycles. The summed E-state index contributed by atoms with van der Waals surface area (Å²) in [6.45, 7) is 26.0. The van der Waals surface area contributed by atoms with E-state index in [9.17, 15) is 28.8 Å². The summed E-state index contributed by atoms with van der Waals surface area (Å²) in [7, 11) is 0. The number of nitrogens with zero attached hydrogens (tertiary/aromatic N) is 6. The maximum atomic E-state index is 12.9. The number of hydrogen-bond acceptors (Lipinski definition) is 16. The second-order valence-corrected chi connectivity index (χ2v) is 29.7. The van der Waals surface area contributed by atoms with Crippen molar-refractivity contribution in [3.05, 3.63) is 124 Å². The molecule has 0 aliphatic carbocycles. The third-order valence-corrected chi connectivity index (χ3v) is 19.8. The number of ether oxygens (including phenoxy) is 2. The summed E-state index contributed by atoms with van der Waals surface area (Å²) in [5.41, 5.74) is 10.7. The number of benzene rings is 2. The molecule has 6 aliphatic heterocycles. The number of hydrogen-bond donors (Lipinski definition) is 6. The van der Waals surface area contributed by atoms with E-state index in [2.05, 4.69) is 41.5 Å². The third-order valence-electron chi connectivity index (χ3n) is 17.8. The number of piperidine rings is 3. The van der Waals surface area contributed by atoms with Crippen LogP contribution in [0.25, 0.3) is 20.9 Å². The van der Waals surface area contributed by atoms with Crippen molar-refractivity contribution in [2.45, 2.75) is 124 Å². The van der Waals surface area contributed by atoms with Crippen molar-refractivity contribution in [3.8, 4) is 20.9 Å². The molecule has 6 fully saturated rings. The van der Waals surface area contributed by atoms with Crippen LogP contribution in [0.3, 0.4) is 0 Å². The molecule has 3 atom stereocenters. The van der Waals surface area contributed by atoms with Gasteiger partial charge in [-0.3, -0.25) is 29.2 Å². The van der Waals surface area contributed by atoms with Crippen LogP contribution in [0.2, 0.25) is 5.15 Å². The monoisotopic (exact) mass is 1350 g/mol. The van der Waals surface area contributed by atoms with Crippen molar-refractivity contribution >= 4 is 98.7 Å². The number of likely N-dealkylation sites (tertiary alicyclic amines) is 3. The average molecular weight is 1350 g/mol. The van der Waals surface area contributed by atoms with E-state index >= 15 is 0 Å². The first-order valence-electron chi connectivity index (χ1n) is 32.2. The summed E-state index contributed by atoms with van der Waals surface area (Å²) in [6.07, 6.45) is 12.8. The lowest BCUT2D eigenvalue weighted by Crippen LogP contribution is -2.48. The Balaban J connectivity index is 0.000000170. The third kappa shape index (κ3) is 19.9. The van der Waals surface area contributed by atoms with Crippen molar-refractivity contribution in [2.24, 2.45) is 16.2 Å². The highest BCUT2D eigenvalue weighted by molar-refractivity contribution is 7.13. The minimum Gasteiger partial charge on any atom is -0.444 e. The fraction of sp³-hybridized carbons (Fsp3) is 0.486. The van der Waals surface area contributed by atoms with Gasteiger partial charge < -0.3 is 56.1 Å². The Labute approximate surface area is 564 Å². The van der Waals surface area contributed by atoms with Crippen molar-refractivity contribution in [1.29, 1.82) is 0 Å². The zero-order valence-electron chi connectivity index (χ0n) is 55.4. The predicted octanol–water partition coefficient (Wildman–Crippen LogP) is 13.3. The first-order chi connectivity index (χ1) is 44.3. The molecular weight excluding hydrogens is 1260 g/mol. The topological polar surface area (TPSA) is 246 Å². The first kappa shape index (κ1) is 72.1. The largest absolute Gasteiger partial charge is 0.444 e. The maximum absolute atomic E-state index is 12.9. The Morgan fingerprint density at radius 1 is 0.564 bits per heavy atom. The van der Waals surface area contributed by atoms with Crippen LogP contribution in [0.15, 0.2) is 108 Å². The van der Waals surface area contributed by atoms with Crippen molar-refractivity contribution in [3.63, 3.8) is 0 Å². The van der Waals surface area contributed by atoms with Crippen LogP contribution < -0.4 is 37.2 Å². The Morgan fingerprint density at radius 3 is 1.66 bits per heavy atom. The molecule has 2 aromatic carbocycles. The second kappa shape index (κ2) is 31.7. The van der Waals surface area contributed by atoms with Crippen molar-refractivity contribution in [2.75, 3.05) is 105 Å². The molecule has 3 unspecified atom stereocenters. The van der Waals surface area contributed by atoms with Gasteiger partial charge in [-0.15, -0.1) is 22.7 Å². The standard InChI is InChI=1S/C26H29N5O2S.C21H20ClN3O3S.C13H24N2O2.C10H18N2O.FH/c1-18(32)30-12-10-26(16-30)9-3-11-31(17-26)24-8-6-20(15-28-24)25(33)29-22-14-19(5-7-21(22)27)23-4-2-13-34-23;1-21(2,3)28-20(27)25-15-8-6-13(17-5-4-10-29-17)11-16(15)24-19(26)14-7-9-18(22)23-12-14;1-12(2,3)17-11(16)15-8-4-5-13(10-15)6-7-14-9-13;1-9(13)12-6-4-10(8-12)3-2-5-11-7-10;/h2,4-8,13-15H,3,9-12,16-17,27H2,1H3,(H,29,33);4-12H,1-3H3,(H,24,26)(H,25,27);14H,4-10H2,1-3H3;11H,2-8H2,1H3;1H. The summed E-state index contributed by atoms with van der Waals surface area (Å²) in [6, 6.07) is 25.9. The lowest BCUT2D eigenvalue weighted by molar-refractivity contribution is -0.129. The number of rotatable bonds is 8. The van der Waals surface area contributed by atoms with Crippen molar-refractivity contribution in [1.82, 2.24) is 35.3 Å². The number of halogens is 2. The van der Waals surface area contributed by atoms with Crippen LogP contribution in [0.1, 0.15) is 134 Å². The fourth-order valence-electron chi connectivity index (χ4n) is 13.0. The number of aromatic nitrogens is 2. The van der Waals surface area contributed by atoms with E-state index in [-0.39, 0.29) is 39.8 Å². The molecule has 6 saturated heterocycles. The van der Waals surface area contributed by atoms with Crippen molar-refractivity contribution < 1.29 is 42.9 Å². The minimum absolute atomic E-state index is 0. The van der Waals surface area contributed by atoms with Gasteiger partial charge in [0.25, 0.3) is 11.8 Å². The summed E-state index contributed by atoms with van der Waals surface area (Å²) < 4.78 is 10.8. The molecule has 7 N–H and O–H groups in total. The van der Waals surface area contributed by atoms with Gasteiger partial charge in [-0.25, -0.2) is 19.6 Å². The van der Waals surface area contributed by atoms with Gasteiger partial charge in [-0.2, -0.15) is 0 Å². The number of carbonyl (C=O) groups excluding carboxylic acids is 6. The molecule has 24 heteroatoms. The zero-order chi connectivity index (χ0) is 66.6. The predicted molar refractivity (Wildman–Crippen MR) is 375 cm³/mol. The minimum atomic E-state index is -0.640. The van der Waals surface area contributed by atoms with Crippen LogP contribution in [-0.4, -0.2) is 150 Å². The van der Waals surface area contributed by atoms with E-state index in [1.54, 1.807) is 87.8 Å². The second-order valence-electron chi connectivity index (χ2n) is 27.4. The highest BCUT2D eigenvalue weighted by Gasteiger charge is 2.44. The van der Waals surface area contributed by atoms with Gasteiger partial charge in [0, 0.05) is 118 Å². The number of thiophene rings is 2. The van der Waals surface area contributed by atoms with Crippen LogP contribution in [0, 0.1) is 16.2 Å². The van der Waals surface area contributed by atoms with Gasteiger partial charge in [-0.1, -0.05) is 35.9 Å². The van der Waals surface area contributed by atoms with E-state index in [0.717, 1.165) is 131 Å².